The molecule has 2 rings (SSSR count). The van der Waals surface area contributed by atoms with E-state index in [-0.39, 0.29) is 24.7 Å². The van der Waals surface area contributed by atoms with Gasteiger partial charge in [0.2, 0.25) is 11.8 Å². The fraction of sp³-hybridized carbons (Fsp3) is 0.389. The predicted octanol–water partition coefficient (Wildman–Crippen LogP) is 2.80. The van der Waals surface area contributed by atoms with E-state index >= 15 is 0 Å². The summed E-state index contributed by atoms with van der Waals surface area (Å²) in [6.07, 6.45) is 1.18. The van der Waals surface area contributed by atoms with Gasteiger partial charge in [0, 0.05) is 25.1 Å². The van der Waals surface area contributed by atoms with Crippen molar-refractivity contribution in [3.05, 3.63) is 52.8 Å². The van der Waals surface area contributed by atoms with E-state index in [1.165, 1.54) is 4.68 Å². The van der Waals surface area contributed by atoms with Crippen molar-refractivity contribution in [2.45, 2.75) is 46.6 Å². The highest BCUT2D eigenvalue weighted by molar-refractivity contribution is 5.85. The molecule has 1 heterocycles. The van der Waals surface area contributed by atoms with Gasteiger partial charge in [0.05, 0.1) is 5.69 Å². The van der Waals surface area contributed by atoms with Crippen molar-refractivity contribution in [3.8, 4) is 0 Å². The Balaban J connectivity index is 1.85. The Morgan fingerprint density at radius 2 is 1.83 bits per heavy atom. The second-order valence-electron chi connectivity index (χ2n) is 5.57. The summed E-state index contributed by atoms with van der Waals surface area (Å²) in [6, 6.07) is 9.70. The number of carbonyl (C=O) groups is 2. The number of nitrogens with zero attached hydrogens (tertiary/aromatic N) is 2. The van der Waals surface area contributed by atoms with E-state index in [0.29, 0.717) is 6.54 Å². The smallest absolute Gasteiger partial charge is 0.247 e. The molecule has 5 heteroatoms. The van der Waals surface area contributed by atoms with Crippen LogP contribution >= 0.6 is 0 Å². The zero-order chi connectivity index (χ0) is 16.8. The number of hydrogen-bond donors (Lipinski definition) is 1. The summed E-state index contributed by atoms with van der Waals surface area (Å²) in [5, 5.41) is 7.12. The van der Waals surface area contributed by atoms with Crippen molar-refractivity contribution in [3.63, 3.8) is 0 Å². The molecular weight excluding hydrogens is 290 g/mol. The van der Waals surface area contributed by atoms with Crippen molar-refractivity contribution < 1.29 is 9.59 Å². The van der Waals surface area contributed by atoms with Gasteiger partial charge in [-0.3, -0.25) is 9.59 Å². The normalized spacial score (nSPS) is 10.6. The number of rotatable bonds is 6. The second kappa shape index (κ2) is 7.72. The summed E-state index contributed by atoms with van der Waals surface area (Å²) < 4.78 is 1.43. The lowest BCUT2D eigenvalue weighted by Crippen LogP contribution is -2.24. The summed E-state index contributed by atoms with van der Waals surface area (Å²) >= 11 is 0. The van der Waals surface area contributed by atoms with Crippen LogP contribution in [0.4, 0.5) is 0 Å². The number of amides is 1. The minimum Gasteiger partial charge on any atom is -0.352 e. The van der Waals surface area contributed by atoms with Gasteiger partial charge in [-0.15, -0.1) is 0 Å². The van der Waals surface area contributed by atoms with Crippen LogP contribution in [0.3, 0.4) is 0 Å². The topological polar surface area (TPSA) is 64.0 Å². The zero-order valence-corrected chi connectivity index (χ0v) is 13.9. The molecule has 1 amide bonds. The minimum atomic E-state index is -0.139. The monoisotopic (exact) mass is 313 g/mol. The summed E-state index contributed by atoms with van der Waals surface area (Å²) in [7, 11) is 0. The lowest BCUT2D eigenvalue weighted by atomic mass is 10.1. The molecule has 23 heavy (non-hydrogen) atoms. The molecular formula is C18H23N3O2. The number of aryl methyl sites for hydroxylation is 1. The first-order valence-electron chi connectivity index (χ1n) is 7.91. The van der Waals surface area contributed by atoms with Gasteiger partial charge >= 0.3 is 0 Å². The minimum absolute atomic E-state index is 0.126. The van der Waals surface area contributed by atoms with Crippen LogP contribution in [0, 0.1) is 13.8 Å². The fourth-order valence-corrected chi connectivity index (χ4v) is 2.64. The average molecular weight is 313 g/mol. The Kier molecular flexibility index (Phi) is 5.68. The standard InChI is InChI=1S/C18H23N3O2/c1-4-16-13(2)20-21(14(16)3)18(23)11-10-17(22)19-12-15-8-6-5-7-9-15/h5-9H,4,10-12H2,1-3H3,(H,19,22). The van der Waals surface area contributed by atoms with E-state index in [9.17, 15) is 9.59 Å². The van der Waals surface area contributed by atoms with Crippen LogP contribution < -0.4 is 5.32 Å². The molecule has 0 bridgehead atoms. The molecule has 0 fully saturated rings. The third-order valence-electron chi connectivity index (χ3n) is 3.93. The van der Waals surface area contributed by atoms with Gasteiger partial charge in [0.15, 0.2) is 0 Å². The van der Waals surface area contributed by atoms with Gasteiger partial charge in [0.1, 0.15) is 0 Å². The number of carbonyl (C=O) groups excluding carboxylic acids is 2. The molecule has 1 aromatic carbocycles. The maximum atomic E-state index is 12.2. The van der Waals surface area contributed by atoms with Crippen LogP contribution in [-0.2, 0) is 17.8 Å². The van der Waals surface area contributed by atoms with Crippen LogP contribution in [0.25, 0.3) is 0 Å². The maximum Gasteiger partial charge on any atom is 0.247 e. The van der Waals surface area contributed by atoms with Gasteiger partial charge in [-0.05, 0) is 31.4 Å². The molecule has 1 aromatic heterocycles. The molecule has 0 radical (unpaired) electrons. The van der Waals surface area contributed by atoms with Crippen LogP contribution in [-0.4, -0.2) is 21.6 Å². The maximum absolute atomic E-state index is 12.2. The molecule has 0 spiro atoms. The molecule has 122 valence electrons. The summed E-state index contributed by atoms with van der Waals surface area (Å²) in [4.78, 5) is 24.1. The van der Waals surface area contributed by atoms with Crippen molar-refractivity contribution in [2.75, 3.05) is 0 Å². The van der Waals surface area contributed by atoms with E-state index in [2.05, 4.69) is 10.4 Å². The van der Waals surface area contributed by atoms with Crippen LogP contribution in [0.15, 0.2) is 30.3 Å². The second-order valence-corrected chi connectivity index (χ2v) is 5.57. The van der Waals surface area contributed by atoms with Gasteiger partial charge in [0.25, 0.3) is 0 Å². The molecule has 0 atom stereocenters. The molecule has 0 saturated heterocycles. The van der Waals surface area contributed by atoms with E-state index in [1.54, 1.807) is 0 Å². The summed E-state index contributed by atoms with van der Waals surface area (Å²) in [5.41, 5.74) is 3.90. The molecule has 0 aliphatic heterocycles. The Labute approximate surface area is 136 Å². The Bertz CT molecular complexity index is 690. The summed E-state index contributed by atoms with van der Waals surface area (Å²) in [6.45, 7) is 6.32. The highest BCUT2D eigenvalue weighted by Crippen LogP contribution is 2.14. The highest BCUT2D eigenvalue weighted by atomic mass is 16.2. The Morgan fingerprint density at radius 3 is 2.43 bits per heavy atom. The molecule has 0 aliphatic carbocycles. The van der Waals surface area contributed by atoms with Crippen LogP contribution in [0.5, 0.6) is 0 Å². The third kappa shape index (κ3) is 4.28. The van der Waals surface area contributed by atoms with Gasteiger partial charge in [-0.2, -0.15) is 5.10 Å². The lowest BCUT2D eigenvalue weighted by Gasteiger charge is -2.06. The third-order valence-corrected chi connectivity index (χ3v) is 3.93. The van der Waals surface area contributed by atoms with Crippen molar-refractivity contribution >= 4 is 11.8 Å². The van der Waals surface area contributed by atoms with Crippen molar-refractivity contribution in [2.24, 2.45) is 0 Å². The molecule has 2 aromatic rings. The first-order chi connectivity index (χ1) is 11.0. The predicted molar refractivity (Wildman–Crippen MR) is 89.2 cm³/mol. The first kappa shape index (κ1) is 16.9. The SMILES string of the molecule is CCc1c(C)nn(C(=O)CCC(=O)NCc2ccccc2)c1C. The van der Waals surface area contributed by atoms with E-state index in [1.807, 2.05) is 51.1 Å². The lowest BCUT2D eigenvalue weighted by molar-refractivity contribution is -0.121. The number of hydrogen-bond acceptors (Lipinski definition) is 3. The van der Waals surface area contributed by atoms with E-state index in [0.717, 1.165) is 28.9 Å². The Morgan fingerprint density at radius 1 is 1.13 bits per heavy atom. The van der Waals surface area contributed by atoms with Crippen LogP contribution in [0.2, 0.25) is 0 Å². The van der Waals surface area contributed by atoms with E-state index in [4.69, 9.17) is 0 Å². The summed E-state index contributed by atoms with van der Waals surface area (Å²) in [5.74, 6) is -0.264. The fourth-order valence-electron chi connectivity index (χ4n) is 2.64. The van der Waals surface area contributed by atoms with E-state index < -0.39 is 0 Å². The first-order valence-corrected chi connectivity index (χ1v) is 7.91. The highest BCUT2D eigenvalue weighted by Gasteiger charge is 2.16. The molecule has 5 nitrogen and oxygen atoms in total. The zero-order valence-electron chi connectivity index (χ0n) is 13.9. The molecule has 0 unspecified atom stereocenters. The number of aromatic nitrogens is 2. The molecule has 1 N–H and O–H groups in total. The van der Waals surface area contributed by atoms with Crippen molar-refractivity contribution in [1.82, 2.24) is 15.1 Å². The quantitative estimate of drug-likeness (QED) is 0.892. The van der Waals surface area contributed by atoms with Gasteiger partial charge in [-0.25, -0.2) is 4.68 Å². The largest absolute Gasteiger partial charge is 0.352 e. The van der Waals surface area contributed by atoms with Crippen LogP contribution in [0.1, 0.15) is 47.1 Å². The van der Waals surface area contributed by atoms with Gasteiger partial charge in [-0.1, -0.05) is 37.3 Å². The molecule has 0 aliphatic rings. The number of benzene rings is 1. The van der Waals surface area contributed by atoms with Crippen molar-refractivity contribution in [1.29, 1.82) is 0 Å². The average Bonchev–Trinajstić information content (AvgIpc) is 2.85. The van der Waals surface area contributed by atoms with Gasteiger partial charge < -0.3 is 5.32 Å². The number of nitrogens with one attached hydrogen (secondary N) is 1. The Hall–Kier alpha value is -2.43. The molecule has 0 saturated carbocycles.